The van der Waals surface area contributed by atoms with E-state index in [0.717, 1.165) is 38.7 Å². The molecule has 0 fully saturated rings. The Morgan fingerprint density at radius 3 is 1.73 bits per heavy atom. The SMILES string of the molecule is CC(C)c1cccc(C(C)C)c1N1C(=O)c2cccc3c(-c4ccccc4)ccc(c23)C1=O. The van der Waals surface area contributed by atoms with E-state index in [1.54, 1.807) is 0 Å². The molecule has 1 aliphatic heterocycles. The number of hydrogen-bond donors (Lipinski definition) is 0. The molecule has 0 aromatic heterocycles. The molecule has 4 aromatic carbocycles. The van der Waals surface area contributed by atoms with Crippen LogP contribution < -0.4 is 4.90 Å². The van der Waals surface area contributed by atoms with Gasteiger partial charge in [0.05, 0.1) is 5.69 Å². The summed E-state index contributed by atoms with van der Waals surface area (Å²) >= 11 is 0. The number of rotatable bonds is 4. The largest absolute Gasteiger partial charge is 0.268 e. The molecular weight excluding hydrogens is 406 g/mol. The first kappa shape index (κ1) is 21.1. The molecule has 4 aromatic rings. The van der Waals surface area contributed by atoms with Gasteiger partial charge in [-0.05, 0) is 51.6 Å². The maximum absolute atomic E-state index is 13.9. The zero-order valence-corrected chi connectivity index (χ0v) is 19.4. The van der Waals surface area contributed by atoms with Crippen molar-refractivity contribution in [2.45, 2.75) is 39.5 Å². The van der Waals surface area contributed by atoms with E-state index in [2.05, 4.69) is 39.8 Å². The van der Waals surface area contributed by atoms with Crippen LogP contribution >= 0.6 is 0 Å². The third-order valence-electron chi connectivity index (χ3n) is 6.56. The normalized spacial score (nSPS) is 13.5. The van der Waals surface area contributed by atoms with Crippen molar-refractivity contribution in [2.24, 2.45) is 0 Å². The lowest BCUT2D eigenvalue weighted by Crippen LogP contribution is -2.41. The first-order chi connectivity index (χ1) is 15.9. The average molecular weight is 434 g/mol. The molecule has 0 saturated heterocycles. The summed E-state index contributed by atoms with van der Waals surface area (Å²) in [5, 5.41) is 1.68. The van der Waals surface area contributed by atoms with Crippen LogP contribution in [0.4, 0.5) is 5.69 Å². The molecule has 0 atom stereocenters. The molecule has 0 unspecified atom stereocenters. The van der Waals surface area contributed by atoms with Gasteiger partial charge in [-0.2, -0.15) is 0 Å². The van der Waals surface area contributed by atoms with Crippen LogP contribution in [0.15, 0.2) is 78.9 Å². The zero-order chi connectivity index (χ0) is 23.3. The van der Waals surface area contributed by atoms with E-state index in [1.165, 1.54) is 4.90 Å². The van der Waals surface area contributed by atoms with Crippen molar-refractivity contribution in [3.05, 3.63) is 101 Å². The fourth-order valence-electron chi connectivity index (χ4n) is 4.94. The minimum absolute atomic E-state index is 0.178. The number of benzene rings is 4. The van der Waals surface area contributed by atoms with Gasteiger partial charge in [0.25, 0.3) is 11.8 Å². The number of para-hydroxylation sites is 1. The van der Waals surface area contributed by atoms with E-state index in [0.29, 0.717) is 11.1 Å². The Kier molecular flexibility index (Phi) is 5.13. The predicted molar refractivity (Wildman–Crippen MR) is 135 cm³/mol. The first-order valence-electron chi connectivity index (χ1n) is 11.5. The highest BCUT2D eigenvalue weighted by atomic mass is 16.2. The van der Waals surface area contributed by atoms with Gasteiger partial charge < -0.3 is 0 Å². The number of carbonyl (C=O) groups excluding carboxylic acids is 2. The fourth-order valence-corrected chi connectivity index (χ4v) is 4.94. The van der Waals surface area contributed by atoms with Gasteiger partial charge in [0.2, 0.25) is 0 Å². The van der Waals surface area contributed by atoms with E-state index in [1.807, 2.05) is 66.7 Å². The molecule has 0 bridgehead atoms. The van der Waals surface area contributed by atoms with Gasteiger partial charge in [-0.25, -0.2) is 4.90 Å². The number of carbonyl (C=O) groups is 2. The number of hydrogen-bond acceptors (Lipinski definition) is 2. The minimum atomic E-state index is -0.252. The molecule has 2 amide bonds. The number of imide groups is 1. The Balaban J connectivity index is 1.77. The standard InChI is InChI=1S/C30H27NO2/c1-18(2)21-12-8-13-22(19(3)4)28(21)31-29(32)25-15-9-14-24-23(20-10-6-5-7-11-20)16-17-26(27(24)25)30(31)33/h5-19H,1-4H3. The first-order valence-corrected chi connectivity index (χ1v) is 11.5. The number of anilines is 1. The van der Waals surface area contributed by atoms with Crippen molar-refractivity contribution in [1.82, 2.24) is 0 Å². The van der Waals surface area contributed by atoms with E-state index in [9.17, 15) is 9.59 Å². The van der Waals surface area contributed by atoms with Gasteiger partial charge in [0.1, 0.15) is 0 Å². The second-order valence-corrected chi connectivity index (χ2v) is 9.30. The van der Waals surface area contributed by atoms with E-state index >= 15 is 0 Å². The Morgan fingerprint density at radius 2 is 1.12 bits per heavy atom. The molecule has 33 heavy (non-hydrogen) atoms. The van der Waals surface area contributed by atoms with E-state index in [4.69, 9.17) is 0 Å². The van der Waals surface area contributed by atoms with Crippen molar-refractivity contribution in [2.75, 3.05) is 4.90 Å². The van der Waals surface area contributed by atoms with Crippen LogP contribution in [0.1, 0.15) is 71.4 Å². The van der Waals surface area contributed by atoms with Crippen LogP contribution in [-0.2, 0) is 0 Å². The molecule has 164 valence electrons. The lowest BCUT2D eigenvalue weighted by Gasteiger charge is -2.32. The molecule has 0 spiro atoms. The third kappa shape index (κ3) is 3.27. The van der Waals surface area contributed by atoms with Crippen LogP contribution in [0, 0.1) is 0 Å². The molecule has 5 rings (SSSR count). The van der Waals surface area contributed by atoms with Gasteiger partial charge >= 0.3 is 0 Å². The van der Waals surface area contributed by atoms with Crippen LogP contribution in [0.3, 0.4) is 0 Å². The summed E-state index contributed by atoms with van der Waals surface area (Å²) in [7, 11) is 0. The van der Waals surface area contributed by atoms with Crippen LogP contribution in [0.25, 0.3) is 21.9 Å². The minimum Gasteiger partial charge on any atom is -0.268 e. The van der Waals surface area contributed by atoms with Gasteiger partial charge in [-0.1, -0.05) is 94.4 Å². The highest BCUT2D eigenvalue weighted by Gasteiger charge is 2.37. The monoisotopic (exact) mass is 433 g/mol. The molecule has 0 radical (unpaired) electrons. The van der Waals surface area contributed by atoms with Crippen LogP contribution in [0.5, 0.6) is 0 Å². The summed E-state index contributed by atoms with van der Waals surface area (Å²) in [5.41, 5.74) is 6.01. The topological polar surface area (TPSA) is 37.4 Å². The van der Waals surface area contributed by atoms with Gasteiger partial charge in [0.15, 0.2) is 0 Å². The Bertz CT molecular complexity index is 1350. The van der Waals surface area contributed by atoms with Crippen molar-refractivity contribution >= 4 is 28.3 Å². The molecule has 3 heteroatoms. The summed E-state index contributed by atoms with van der Waals surface area (Å²) in [6, 6.07) is 25.8. The lowest BCUT2D eigenvalue weighted by molar-refractivity contribution is 0.0893. The van der Waals surface area contributed by atoms with Crippen molar-refractivity contribution < 1.29 is 9.59 Å². The lowest BCUT2D eigenvalue weighted by atomic mass is 9.87. The quantitative estimate of drug-likeness (QED) is 0.312. The highest BCUT2D eigenvalue weighted by molar-refractivity contribution is 6.37. The smallest absolute Gasteiger partial charge is 0.266 e. The number of nitrogens with zero attached hydrogens (tertiary/aromatic N) is 1. The predicted octanol–water partition coefficient (Wildman–Crippen LogP) is 7.55. The average Bonchev–Trinajstić information content (AvgIpc) is 2.82. The van der Waals surface area contributed by atoms with Gasteiger partial charge in [0, 0.05) is 16.5 Å². The molecule has 1 aliphatic rings. The maximum Gasteiger partial charge on any atom is 0.266 e. The van der Waals surface area contributed by atoms with Crippen LogP contribution in [-0.4, -0.2) is 11.8 Å². The summed E-state index contributed by atoms with van der Waals surface area (Å²) in [5.74, 6) is -0.148. The Hall–Kier alpha value is -3.72. The van der Waals surface area contributed by atoms with Gasteiger partial charge in [-0.3, -0.25) is 9.59 Å². The third-order valence-corrected chi connectivity index (χ3v) is 6.56. The number of amides is 2. The molecule has 0 N–H and O–H groups in total. The highest BCUT2D eigenvalue weighted by Crippen LogP contribution is 2.42. The van der Waals surface area contributed by atoms with E-state index < -0.39 is 0 Å². The van der Waals surface area contributed by atoms with Gasteiger partial charge in [-0.15, -0.1) is 0 Å². The van der Waals surface area contributed by atoms with Crippen molar-refractivity contribution in [3.8, 4) is 11.1 Å². The molecule has 3 nitrogen and oxygen atoms in total. The molecular formula is C30H27NO2. The maximum atomic E-state index is 13.9. The molecule has 0 aliphatic carbocycles. The molecule has 1 heterocycles. The zero-order valence-electron chi connectivity index (χ0n) is 19.4. The Labute approximate surface area is 194 Å². The van der Waals surface area contributed by atoms with Crippen molar-refractivity contribution in [3.63, 3.8) is 0 Å². The fraction of sp³-hybridized carbons (Fsp3) is 0.200. The second kappa shape index (κ2) is 8.00. The van der Waals surface area contributed by atoms with Crippen LogP contribution in [0.2, 0.25) is 0 Å². The summed E-state index contributed by atoms with van der Waals surface area (Å²) in [6.45, 7) is 8.40. The summed E-state index contributed by atoms with van der Waals surface area (Å²) in [4.78, 5) is 29.3. The molecule has 0 saturated carbocycles. The Morgan fingerprint density at radius 1 is 0.576 bits per heavy atom. The van der Waals surface area contributed by atoms with E-state index in [-0.39, 0.29) is 23.7 Å². The van der Waals surface area contributed by atoms with Crippen molar-refractivity contribution in [1.29, 1.82) is 0 Å². The summed E-state index contributed by atoms with van der Waals surface area (Å²) in [6.07, 6.45) is 0. The summed E-state index contributed by atoms with van der Waals surface area (Å²) < 4.78 is 0. The second-order valence-electron chi connectivity index (χ2n) is 9.30.